The van der Waals surface area contributed by atoms with Crippen LogP contribution in [-0.4, -0.2) is 39.5 Å². The van der Waals surface area contributed by atoms with Crippen molar-refractivity contribution in [1.29, 1.82) is 0 Å². The molecule has 0 rings (SSSR count). The molecule has 0 aliphatic rings. The molecule has 0 atom stereocenters. The molecule has 0 aromatic carbocycles. The average Bonchev–Trinajstić information content (AvgIpc) is 2.56. The SMILES string of the molecule is CC(CC(C)C)=NCCCN([Si](C(C)C)(C(C)C)C(C)C)[Si](C(C)C)(C(C)C)C(C)C. The lowest BCUT2D eigenvalue weighted by Crippen LogP contribution is -2.74. The van der Waals surface area contributed by atoms with Gasteiger partial charge in [0.1, 0.15) is 16.5 Å². The van der Waals surface area contributed by atoms with Crippen LogP contribution in [0.25, 0.3) is 0 Å². The first-order valence-corrected chi connectivity index (χ1v) is 17.7. The van der Waals surface area contributed by atoms with Crippen molar-refractivity contribution >= 4 is 22.2 Å². The molecule has 0 aromatic rings. The summed E-state index contributed by atoms with van der Waals surface area (Å²) in [5.41, 5.74) is 5.93. The smallest absolute Gasteiger partial charge is 0.129 e. The monoisotopic (exact) mass is 468 g/mol. The van der Waals surface area contributed by atoms with Crippen LogP contribution in [-0.2, 0) is 0 Å². The second-order valence-electron chi connectivity index (χ2n) is 12.4. The lowest BCUT2D eigenvalue weighted by atomic mass is 10.1. The molecular weight excluding hydrogens is 408 g/mol. The van der Waals surface area contributed by atoms with Crippen LogP contribution < -0.4 is 0 Å². The highest BCUT2D eigenvalue weighted by Crippen LogP contribution is 2.53. The van der Waals surface area contributed by atoms with Gasteiger partial charge in [-0.3, -0.25) is 4.99 Å². The van der Waals surface area contributed by atoms with Gasteiger partial charge in [-0.2, -0.15) is 0 Å². The fourth-order valence-corrected chi connectivity index (χ4v) is 27.9. The summed E-state index contributed by atoms with van der Waals surface area (Å²) in [5, 5.41) is 0. The number of hydrogen-bond acceptors (Lipinski definition) is 2. The van der Waals surface area contributed by atoms with Crippen LogP contribution in [0.1, 0.15) is 117 Å². The van der Waals surface area contributed by atoms with E-state index in [0.29, 0.717) is 5.92 Å². The molecule has 0 bridgehead atoms. The molecule has 0 fully saturated rings. The van der Waals surface area contributed by atoms with E-state index in [2.05, 4.69) is 108 Å². The summed E-state index contributed by atoms with van der Waals surface area (Å²) in [7, 11) is -3.48. The van der Waals surface area contributed by atoms with Crippen LogP contribution in [0.5, 0.6) is 0 Å². The Kier molecular flexibility index (Phi) is 13.1. The summed E-state index contributed by atoms with van der Waals surface area (Å²) >= 11 is 0. The van der Waals surface area contributed by atoms with Crippen molar-refractivity contribution in [1.82, 2.24) is 4.23 Å². The Labute approximate surface area is 200 Å². The van der Waals surface area contributed by atoms with E-state index in [-0.39, 0.29) is 0 Å². The zero-order valence-electron chi connectivity index (χ0n) is 24.3. The van der Waals surface area contributed by atoms with E-state index in [9.17, 15) is 0 Å². The fourth-order valence-electron chi connectivity index (χ4n) is 7.75. The van der Waals surface area contributed by atoms with Gasteiger partial charge in [0, 0.05) is 12.3 Å². The highest BCUT2D eigenvalue weighted by atomic mass is 28.4. The van der Waals surface area contributed by atoms with Gasteiger partial charge in [0.05, 0.1) is 0 Å². The Balaban J connectivity index is 6.49. The van der Waals surface area contributed by atoms with Gasteiger partial charge in [0.15, 0.2) is 0 Å². The van der Waals surface area contributed by atoms with Crippen LogP contribution in [0.4, 0.5) is 0 Å². The van der Waals surface area contributed by atoms with E-state index >= 15 is 0 Å². The molecule has 4 heteroatoms. The molecule has 31 heavy (non-hydrogen) atoms. The number of nitrogens with zero attached hydrogens (tertiary/aromatic N) is 2. The molecule has 0 aliphatic carbocycles. The summed E-state index contributed by atoms with van der Waals surface area (Å²) in [6, 6.07) is 0. The molecular formula is C27H60N2Si2. The van der Waals surface area contributed by atoms with Crippen molar-refractivity contribution in [2.75, 3.05) is 13.1 Å². The molecule has 0 saturated heterocycles. The molecule has 0 aromatic heterocycles. The van der Waals surface area contributed by atoms with Gasteiger partial charge in [-0.05, 0) is 65.5 Å². The molecule has 0 aliphatic heterocycles. The van der Waals surface area contributed by atoms with Gasteiger partial charge in [-0.1, -0.05) is 96.9 Å². The topological polar surface area (TPSA) is 15.6 Å². The Hall–Kier alpha value is 0.0638. The van der Waals surface area contributed by atoms with Gasteiger partial charge < -0.3 is 4.23 Å². The molecule has 0 unspecified atom stereocenters. The van der Waals surface area contributed by atoms with Gasteiger partial charge >= 0.3 is 0 Å². The molecule has 2 nitrogen and oxygen atoms in total. The van der Waals surface area contributed by atoms with E-state index in [4.69, 9.17) is 4.99 Å². The van der Waals surface area contributed by atoms with Crippen molar-refractivity contribution in [3.63, 3.8) is 0 Å². The Morgan fingerprint density at radius 1 is 0.613 bits per heavy atom. The second kappa shape index (κ2) is 13.1. The molecule has 0 heterocycles. The molecule has 186 valence electrons. The largest absolute Gasteiger partial charge is 0.344 e. The minimum Gasteiger partial charge on any atom is -0.344 e. The Morgan fingerprint density at radius 2 is 0.935 bits per heavy atom. The van der Waals surface area contributed by atoms with E-state index in [1.54, 1.807) is 0 Å². The van der Waals surface area contributed by atoms with Crippen LogP contribution in [0, 0.1) is 5.92 Å². The molecule has 0 N–H and O–H groups in total. The van der Waals surface area contributed by atoms with Gasteiger partial charge in [0.2, 0.25) is 0 Å². The first-order chi connectivity index (χ1) is 14.1. The number of hydrogen-bond donors (Lipinski definition) is 0. The maximum atomic E-state index is 4.99. The number of rotatable bonds is 14. The lowest BCUT2D eigenvalue weighted by molar-refractivity contribution is 0.487. The minimum absolute atomic E-state index is 0.700. The Bertz CT molecular complexity index is 458. The van der Waals surface area contributed by atoms with Crippen molar-refractivity contribution in [2.24, 2.45) is 10.9 Å². The van der Waals surface area contributed by atoms with E-state index in [0.717, 1.165) is 46.2 Å². The van der Waals surface area contributed by atoms with Gasteiger partial charge in [-0.25, -0.2) is 0 Å². The van der Waals surface area contributed by atoms with Crippen molar-refractivity contribution in [3.05, 3.63) is 0 Å². The quantitative estimate of drug-likeness (QED) is 0.141. The van der Waals surface area contributed by atoms with E-state index in [1.165, 1.54) is 18.7 Å². The third kappa shape index (κ3) is 6.79. The van der Waals surface area contributed by atoms with Crippen molar-refractivity contribution in [3.8, 4) is 0 Å². The van der Waals surface area contributed by atoms with E-state index < -0.39 is 16.5 Å². The Morgan fingerprint density at radius 3 is 1.19 bits per heavy atom. The molecule has 0 radical (unpaired) electrons. The maximum absolute atomic E-state index is 4.99. The van der Waals surface area contributed by atoms with Crippen LogP contribution >= 0.6 is 0 Å². The van der Waals surface area contributed by atoms with Gasteiger partial charge in [-0.15, -0.1) is 0 Å². The van der Waals surface area contributed by atoms with Gasteiger partial charge in [0.25, 0.3) is 0 Å². The highest BCUT2D eigenvalue weighted by molar-refractivity contribution is 6.96. The summed E-state index contributed by atoms with van der Waals surface area (Å²) in [6.45, 7) is 39.6. The normalized spacial score (nSPS) is 14.7. The molecule has 0 amide bonds. The third-order valence-corrected chi connectivity index (χ3v) is 23.8. The summed E-state index contributed by atoms with van der Waals surface area (Å²) in [5.74, 6) is 0.700. The number of aliphatic imine (C=N–C) groups is 1. The van der Waals surface area contributed by atoms with Crippen LogP contribution in [0.3, 0.4) is 0 Å². The lowest BCUT2D eigenvalue weighted by Gasteiger charge is -2.63. The molecule has 0 spiro atoms. The minimum atomic E-state index is -1.74. The first-order valence-electron chi connectivity index (χ1n) is 13.4. The van der Waals surface area contributed by atoms with Crippen LogP contribution in [0.15, 0.2) is 4.99 Å². The predicted molar refractivity (Wildman–Crippen MR) is 151 cm³/mol. The standard InChI is InChI=1S/C27H60N2Si2/c1-20(2)19-27(15)28-17-16-18-29(30(21(3)4,22(5)6)23(7)8)31(24(9)10,25(11)12)26(13)14/h20-26H,16-19H2,1-15H3. The van der Waals surface area contributed by atoms with Crippen LogP contribution in [0.2, 0.25) is 33.2 Å². The first kappa shape index (κ1) is 31.1. The fraction of sp³-hybridized carbons (Fsp3) is 0.963. The summed E-state index contributed by atoms with van der Waals surface area (Å²) < 4.78 is 3.30. The maximum Gasteiger partial charge on any atom is 0.129 e. The van der Waals surface area contributed by atoms with Crippen molar-refractivity contribution < 1.29 is 0 Å². The zero-order valence-corrected chi connectivity index (χ0v) is 26.3. The summed E-state index contributed by atoms with van der Waals surface area (Å²) in [6.07, 6.45) is 2.34. The predicted octanol–water partition coefficient (Wildman–Crippen LogP) is 9.54. The van der Waals surface area contributed by atoms with Crippen molar-refractivity contribution in [2.45, 2.75) is 150 Å². The van der Waals surface area contributed by atoms with E-state index in [1.807, 2.05) is 0 Å². The second-order valence-corrected chi connectivity index (χ2v) is 24.4. The molecule has 0 saturated carbocycles. The third-order valence-electron chi connectivity index (χ3n) is 8.11. The zero-order chi connectivity index (χ0) is 24.7. The summed E-state index contributed by atoms with van der Waals surface area (Å²) in [4.78, 5) is 4.99. The average molecular weight is 469 g/mol. The highest BCUT2D eigenvalue weighted by Gasteiger charge is 2.58.